The Morgan fingerprint density at radius 1 is 0.875 bits per heavy atom. The SMILES string of the molecule is Cc1ccc(NC2=C(c3ccc(C)c(C)c3)C(=O)N(CCCN3CCOCC3)C2=O)cc1. The van der Waals surface area contributed by atoms with E-state index in [1.165, 1.54) is 4.90 Å². The quantitative estimate of drug-likeness (QED) is 0.677. The fourth-order valence-electron chi connectivity index (χ4n) is 4.12. The molecule has 2 aliphatic rings. The van der Waals surface area contributed by atoms with Crippen LogP contribution >= 0.6 is 0 Å². The number of imide groups is 1. The minimum absolute atomic E-state index is 0.227. The van der Waals surface area contributed by atoms with Crippen LogP contribution in [-0.4, -0.2) is 61.0 Å². The number of carbonyl (C=O) groups is 2. The summed E-state index contributed by atoms with van der Waals surface area (Å²) >= 11 is 0. The maximum absolute atomic E-state index is 13.4. The standard InChI is InChI=1S/C26H31N3O3/c1-18-5-9-22(10-6-18)27-24-23(21-8-7-19(2)20(3)17-21)25(30)29(26(24)31)12-4-11-28-13-15-32-16-14-28/h5-10,17,27H,4,11-16H2,1-3H3. The lowest BCUT2D eigenvalue weighted by Crippen LogP contribution is -2.39. The summed E-state index contributed by atoms with van der Waals surface area (Å²) in [6, 6.07) is 13.7. The Hall–Kier alpha value is -2.96. The lowest BCUT2D eigenvalue weighted by atomic mass is 9.99. The molecule has 2 amide bonds. The van der Waals surface area contributed by atoms with Crippen molar-refractivity contribution in [2.24, 2.45) is 0 Å². The normalized spacial score (nSPS) is 17.4. The maximum atomic E-state index is 13.4. The molecule has 2 aromatic rings. The van der Waals surface area contributed by atoms with E-state index in [1.54, 1.807) is 0 Å². The van der Waals surface area contributed by atoms with Crippen molar-refractivity contribution in [3.05, 3.63) is 70.4 Å². The van der Waals surface area contributed by atoms with E-state index in [0.717, 1.165) is 67.2 Å². The predicted molar refractivity (Wildman–Crippen MR) is 126 cm³/mol. The highest BCUT2D eigenvalue weighted by Crippen LogP contribution is 2.31. The lowest BCUT2D eigenvalue weighted by molar-refractivity contribution is -0.136. The molecular formula is C26H31N3O3. The van der Waals surface area contributed by atoms with Gasteiger partial charge in [0.15, 0.2) is 0 Å². The molecule has 0 saturated carbocycles. The summed E-state index contributed by atoms with van der Waals surface area (Å²) in [5.41, 5.74) is 5.76. The smallest absolute Gasteiger partial charge is 0.278 e. The van der Waals surface area contributed by atoms with Gasteiger partial charge in [-0.3, -0.25) is 19.4 Å². The van der Waals surface area contributed by atoms with Crippen LogP contribution < -0.4 is 5.32 Å². The van der Waals surface area contributed by atoms with Gasteiger partial charge in [-0.15, -0.1) is 0 Å². The van der Waals surface area contributed by atoms with Crippen LogP contribution in [0.1, 0.15) is 28.7 Å². The Labute approximate surface area is 189 Å². The molecular weight excluding hydrogens is 402 g/mol. The van der Waals surface area contributed by atoms with Crippen molar-refractivity contribution in [1.29, 1.82) is 0 Å². The lowest BCUT2D eigenvalue weighted by Gasteiger charge is -2.27. The molecule has 1 N–H and O–H groups in total. The molecule has 0 unspecified atom stereocenters. The first-order chi connectivity index (χ1) is 15.4. The molecule has 1 saturated heterocycles. The molecule has 2 heterocycles. The van der Waals surface area contributed by atoms with E-state index < -0.39 is 0 Å². The number of amides is 2. The van der Waals surface area contributed by atoms with Crippen molar-refractivity contribution in [2.75, 3.05) is 44.7 Å². The van der Waals surface area contributed by atoms with Gasteiger partial charge >= 0.3 is 0 Å². The van der Waals surface area contributed by atoms with Gasteiger partial charge in [-0.05, 0) is 56.0 Å². The second-order valence-corrected chi connectivity index (χ2v) is 8.61. The van der Waals surface area contributed by atoms with Gasteiger partial charge in [0.05, 0.1) is 18.8 Å². The van der Waals surface area contributed by atoms with Crippen LogP contribution in [0.15, 0.2) is 48.2 Å². The highest BCUT2D eigenvalue weighted by molar-refractivity contribution is 6.36. The molecule has 4 rings (SSSR count). The maximum Gasteiger partial charge on any atom is 0.278 e. The topological polar surface area (TPSA) is 61.9 Å². The monoisotopic (exact) mass is 433 g/mol. The third-order valence-electron chi connectivity index (χ3n) is 6.24. The van der Waals surface area contributed by atoms with Gasteiger partial charge in [-0.2, -0.15) is 0 Å². The summed E-state index contributed by atoms with van der Waals surface area (Å²) in [4.78, 5) is 30.5. The van der Waals surface area contributed by atoms with E-state index in [4.69, 9.17) is 4.74 Å². The van der Waals surface area contributed by atoms with Crippen LogP contribution in [0.5, 0.6) is 0 Å². The number of nitrogens with one attached hydrogen (secondary N) is 1. The number of aryl methyl sites for hydroxylation is 3. The number of hydrogen-bond acceptors (Lipinski definition) is 5. The van der Waals surface area contributed by atoms with Gasteiger partial charge in [0.2, 0.25) is 0 Å². The van der Waals surface area contributed by atoms with Crippen LogP contribution in [0.2, 0.25) is 0 Å². The number of hydrogen-bond donors (Lipinski definition) is 1. The highest BCUT2D eigenvalue weighted by atomic mass is 16.5. The Kier molecular flexibility index (Phi) is 6.72. The molecule has 6 nitrogen and oxygen atoms in total. The molecule has 6 heteroatoms. The molecule has 1 fully saturated rings. The first-order valence-corrected chi connectivity index (χ1v) is 11.3. The van der Waals surface area contributed by atoms with Gasteiger partial charge in [0.1, 0.15) is 5.70 Å². The predicted octanol–water partition coefficient (Wildman–Crippen LogP) is 3.53. The molecule has 0 atom stereocenters. The number of rotatable bonds is 7. The minimum atomic E-state index is -0.259. The summed E-state index contributed by atoms with van der Waals surface area (Å²) < 4.78 is 5.40. The summed E-state index contributed by atoms with van der Waals surface area (Å²) in [7, 11) is 0. The molecule has 32 heavy (non-hydrogen) atoms. The number of carbonyl (C=O) groups excluding carboxylic acids is 2. The van der Waals surface area contributed by atoms with Crippen molar-refractivity contribution < 1.29 is 14.3 Å². The summed E-state index contributed by atoms with van der Waals surface area (Å²) in [5, 5.41) is 3.24. The number of benzene rings is 2. The van der Waals surface area contributed by atoms with E-state index in [-0.39, 0.29) is 11.8 Å². The van der Waals surface area contributed by atoms with Crippen LogP contribution in [-0.2, 0) is 14.3 Å². The van der Waals surface area contributed by atoms with Crippen molar-refractivity contribution in [2.45, 2.75) is 27.2 Å². The molecule has 0 radical (unpaired) electrons. The average Bonchev–Trinajstić information content (AvgIpc) is 3.02. The molecule has 0 bridgehead atoms. The minimum Gasteiger partial charge on any atom is -0.379 e. The van der Waals surface area contributed by atoms with Gasteiger partial charge in [-0.1, -0.05) is 35.9 Å². The zero-order chi connectivity index (χ0) is 22.7. The molecule has 0 spiro atoms. The van der Waals surface area contributed by atoms with Crippen LogP contribution in [0.3, 0.4) is 0 Å². The van der Waals surface area contributed by atoms with E-state index >= 15 is 0 Å². The fraction of sp³-hybridized carbons (Fsp3) is 0.385. The first kappa shape index (κ1) is 22.2. The number of morpholine rings is 1. The zero-order valence-corrected chi connectivity index (χ0v) is 19.1. The molecule has 0 aromatic heterocycles. The summed E-state index contributed by atoms with van der Waals surface area (Å²) in [6.07, 6.45) is 0.746. The van der Waals surface area contributed by atoms with Crippen molar-refractivity contribution in [3.63, 3.8) is 0 Å². The first-order valence-electron chi connectivity index (χ1n) is 11.3. The zero-order valence-electron chi connectivity index (χ0n) is 19.1. The van der Waals surface area contributed by atoms with Crippen molar-refractivity contribution >= 4 is 23.1 Å². The number of nitrogens with zero attached hydrogens (tertiary/aromatic N) is 2. The Morgan fingerprint density at radius 2 is 1.59 bits per heavy atom. The third-order valence-corrected chi connectivity index (χ3v) is 6.24. The van der Waals surface area contributed by atoms with E-state index in [9.17, 15) is 9.59 Å². The van der Waals surface area contributed by atoms with Gasteiger partial charge < -0.3 is 10.1 Å². The van der Waals surface area contributed by atoms with Gasteiger partial charge in [0.25, 0.3) is 11.8 Å². The molecule has 2 aliphatic heterocycles. The van der Waals surface area contributed by atoms with Crippen LogP contribution in [0.4, 0.5) is 5.69 Å². The number of anilines is 1. The fourth-order valence-corrected chi connectivity index (χ4v) is 4.12. The average molecular weight is 434 g/mol. The largest absolute Gasteiger partial charge is 0.379 e. The third kappa shape index (κ3) is 4.76. The van der Waals surface area contributed by atoms with Gasteiger partial charge in [0, 0.05) is 31.9 Å². The van der Waals surface area contributed by atoms with Crippen molar-refractivity contribution in [3.8, 4) is 0 Å². The van der Waals surface area contributed by atoms with E-state index in [1.807, 2.05) is 63.2 Å². The highest BCUT2D eigenvalue weighted by Gasteiger charge is 2.39. The second kappa shape index (κ2) is 9.67. The van der Waals surface area contributed by atoms with E-state index in [2.05, 4.69) is 10.2 Å². The van der Waals surface area contributed by atoms with Gasteiger partial charge in [-0.25, -0.2) is 0 Å². The van der Waals surface area contributed by atoms with E-state index in [0.29, 0.717) is 17.8 Å². The van der Waals surface area contributed by atoms with Crippen LogP contribution in [0.25, 0.3) is 5.57 Å². The molecule has 0 aliphatic carbocycles. The van der Waals surface area contributed by atoms with Crippen LogP contribution in [0, 0.1) is 20.8 Å². The number of ether oxygens (including phenoxy) is 1. The Bertz CT molecular complexity index is 1040. The molecule has 168 valence electrons. The second-order valence-electron chi connectivity index (χ2n) is 8.61. The molecule has 2 aromatic carbocycles. The Balaban J connectivity index is 1.58. The van der Waals surface area contributed by atoms with Crippen molar-refractivity contribution in [1.82, 2.24) is 9.80 Å². The Morgan fingerprint density at radius 3 is 2.28 bits per heavy atom. The summed E-state index contributed by atoms with van der Waals surface area (Å²) in [6.45, 7) is 10.6. The summed E-state index contributed by atoms with van der Waals surface area (Å²) in [5.74, 6) is -0.486.